The van der Waals surface area contributed by atoms with Crippen LogP contribution < -0.4 is 4.90 Å². The maximum absolute atomic E-state index is 12.0. The van der Waals surface area contributed by atoms with Crippen LogP contribution in [0, 0.1) is 5.41 Å². The number of carbonyl (C=O) groups is 1. The lowest BCUT2D eigenvalue weighted by molar-refractivity contribution is -0.125. The highest BCUT2D eigenvalue weighted by molar-refractivity contribution is 6.31. The predicted molar refractivity (Wildman–Crippen MR) is 78.6 cm³/mol. The van der Waals surface area contributed by atoms with Gasteiger partial charge in [-0.15, -0.1) is 11.6 Å². The second kappa shape index (κ2) is 5.75. The Morgan fingerprint density at radius 1 is 1.22 bits per heavy atom. The van der Waals surface area contributed by atoms with Crippen molar-refractivity contribution in [1.82, 2.24) is 0 Å². The van der Waals surface area contributed by atoms with E-state index in [9.17, 15) is 4.79 Å². The van der Waals surface area contributed by atoms with Crippen molar-refractivity contribution in [3.8, 4) is 0 Å². The number of anilines is 1. The summed E-state index contributed by atoms with van der Waals surface area (Å²) in [5.74, 6) is 0.0980. The molecule has 0 bridgehead atoms. The maximum Gasteiger partial charge on any atom is 0.156 e. The van der Waals surface area contributed by atoms with Crippen molar-refractivity contribution in [1.29, 1.82) is 0 Å². The predicted octanol–water partition coefficient (Wildman–Crippen LogP) is 3.52. The number of rotatable bonds is 4. The highest BCUT2D eigenvalue weighted by atomic mass is 35.5. The normalized spacial score (nSPS) is 13.2. The number of hydrogen-bond donors (Lipinski definition) is 0. The van der Waals surface area contributed by atoms with E-state index in [1.807, 2.05) is 64.0 Å². The highest BCUT2D eigenvalue weighted by Gasteiger charge is 2.28. The topological polar surface area (TPSA) is 20.3 Å². The van der Waals surface area contributed by atoms with Gasteiger partial charge in [-0.2, -0.15) is 0 Å². The van der Waals surface area contributed by atoms with Gasteiger partial charge in [-0.1, -0.05) is 32.9 Å². The van der Waals surface area contributed by atoms with Gasteiger partial charge in [-0.25, -0.2) is 0 Å². The summed E-state index contributed by atoms with van der Waals surface area (Å²) in [6, 6.07) is 8.14. The van der Waals surface area contributed by atoms with Crippen molar-refractivity contribution >= 4 is 23.1 Å². The fraction of sp³-hybridized carbons (Fsp3) is 0.533. The Morgan fingerprint density at radius 3 is 2.11 bits per heavy atom. The summed E-state index contributed by atoms with van der Waals surface area (Å²) in [5.41, 5.74) is 1.86. The molecule has 0 N–H and O–H groups in total. The molecule has 0 aliphatic heterocycles. The van der Waals surface area contributed by atoms with Crippen LogP contribution in [0.5, 0.6) is 0 Å². The Morgan fingerprint density at radius 2 is 1.72 bits per heavy atom. The molecule has 0 aliphatic rings. The first-order valence-electron chi connectivity index (χ1n) is 6.16. The molecule has 1 unspecified atom stereocenters. The maximum atomic E-state index is 12.0. The summed E-state index contributed by atoms with van der Waals surface area (Å²) in [5, 5.41) is -0.449. The lowest BCUT2D eigenvalue weighted by Crippen LogP contribution is -2.30. The van der Waals surface area contributed by atoms with Crippen LogP contribution in [0.3, 0.4) is 0 Å². The Hall–Kier alpha value is -1.02. The SMILES string of the molecule is CN(C)c1ccc(CC(Cl)C(=O)C(C)(C)C)cc1. The zero-order chi connectivity index (χ0) is 13.9. The minimum absolute atomic E-state index is 0.0980. The van der Waals surface area contributed by atoms with E-state index in [-0.39, 0.29) is 11.2 Å². The van der Waals surface area contributed by atoms with E-state index in [1.165, 1.54) is 0 Å². The average Bonchev–Trinajstić information content (AvgIpc) is 2.27. The van der Waals surface area contributed by atoms with E-state index in [1.54, 1.807) is 0 Å². The Labute approximate surface area is 115 Å². The van der Waals surface area contributed by atoms with Crippen LogP contribution in [-0.2, 0) is 11.2 Å². The molecule has 0 saturated heterocycles. The number of carbonyl (C=O) groups excluding carboxylic acids is 1. The first-order chi connectivity index (χ1) is 8.21. The quantitative estimate of drug-likeness (QED) is 0.778. The molecule has 0 heterocycles. The van der Waals surface area contributed by atoms with E-state index in [2.05, 4.69) is 0 Å². The second-order valence-corrected chi connectivity index (χ2v) is 6.37. The number of Topliss-reactive ketones (excluding diaryl/α,β-unsaturated/α-hetero) is 1. The molecule has 1 aromatic rings. The Balaban J connectivity index is 2.71. The minimum Gasteiger partial charge on any atom is -0.378 e. The third kappa shape index (κ3) is 4.02. The first-order valence-corrected chi connectivity index (χ1v) is 6.60. The third-order valence-corrected chi connectivity index (χ3v) is 3.24. The molecule has 1 aromatic carbocycles. The Bertz CT molecular complexity index is 403. The van der Waals surface area contributed by atoms with Crippen molar-refractivity contribution in [3.05, 3.63) is 29.8 Å². The number of hydrogen-bond acceptors (Lipinski definition) is 2. The molecule has 0 aliphatic carbocycles. The summed E-state index contributed by atoms with van der Waals surface area (Å²) < 4.78 is 0. The molecule has 0 spiro atoms. The summed E-state index contributed by atoms with van der Waals surface area (Å²) in [4.78, 5) is 14.0. The molecule has 1 atom stereocenters. The number of halogens is 1. The van der Waals surface area contributed by atoms with Gasteiger partial charge in [-0.3, -0.25) is 4.79 Å². The number of nitrogens with zero attached hydrogens (tertiary/aromatic N) is 1. The molecule has 0 fully saturated rings. The molecule has 100 valence electrons. The van der Waals surface area contributed by atoms with Crippen LogP contribution in [0.1, 0.15) is 26.3 Å². The van der Waals surface area contributed by atoms with Crippen molar-refractivity contribution in [2.45, 2.75) is 32.6 Å². The molecule has 2 nitrogen and oxygen atoms in total. The van der Waals surface area contributed by atoms with Gasteiger partial charge < -0.3 is 4.90 Å². The number of ketones is 1. The molecular weight excluding hydrogens is 246 g/mol. The molecule has 0 aromatic heterocycles. The smallest absolute Gasteiger partial charge is 0.156 e. The largest absolute Gasteiger partial charge is 0.378 e. The van der Waals surface area contributed by atoms with Gasteiger partial charge in [0, 0.05) is 25.2 Å². The summed E-state index contributed by atoms with van der Waals surface area (Å²) in [6.45, 7) is 5.71. The zero-order valence-corrected chi connectivity index (χ0v) is 12.6. The molecule has 0 radical (unpaired) electrons. The van der Waals surface area contributed by atoms with Crippen LogP contribution in [0.15, 0.2) is 24.3 Å². The lowest BCUT2D eigenvalue weighted by atomic mass is 9.87. The third-order valence-electron chi connectivity index (χ3n) is 2.89. The lowest BCUT2D eigenvalue weighted by Gasteiger charge is -2.20. The van der Waals surface area contributed by atoms with Gasteiger partial charge in [0.15, 0.2) is 5.78 Å². The van der Waals surface area contributed by atoms with Gasteiger partial charge in [0.25, 0.3) is 0 Å². The fourth-order valence-electron chi connectivity index (χ4n) is 1.70. The molecule has 18 heavy (non-hydrogen) atoms. The highest BCUT2D eigenvalue weighted by Crippen LogP contribution is 2.23. The van der Waals surface area contributed by atoms with E-state index in [4.69, 9.17) is 11.6 Å². The van der Waals surface area contributed by atoms with Gasteiger partial charge >= 0.3 is 0 Å². The Kier molecular flexibility index (Phi) is 4.80. The standard InChI is InChI=1S/C15H22ClNO/c1-15(2,3)14(18)13(16)10-11-6-8-12(9-7-11)17(4)5/h6-9,13H,10H2,1-5H3. The van der Waals surface area contributed by atoms with Crippen molar-refractivity contribution in [2.75, 3.05) is 19.0 Å². The molecule has 3 heteroatoms. The van der Waals surface area contributed by atoms with Crippen molar-refractivity contribution in [3.63, 3.8) is 0 Å². The van der Waals surface area contributed by atoms with E-state index in [0.29, 0.717) is 6.42 Å². The van der Waals surface area contributed by atoms with Crippen LogP contribution >= 0.6 is 11.6 Å². The van der Waals surface area contributed by atoms with Gasteiger partial charge in [0.05, 0.1) is 5.38 Å². The average molecular weight is 268 g/mol. The molecule has 1 rings (SSSR count). The summed E-state index contributed by atoms with van der Waals surface area (Å²) in [6.07, 6.45) is 0.589. The van der Waals surface area contributed by atoms with Crippen molar-refractivity contribution < 1.29 is 4.79 Å². The van der Waals surface area contributed by atoms with Gasteiger partial charge in [0.2, 0.25) is 0 Å². The van der Waals surface area contributed by atoms with Crippen molar-refractivity contribution in [2.24, 2.45) is 5.41 Å². The van der Waals surface area contributed by atoms with Crippen LogP contribution in [-0.4, -0.2) is 25.3 Å². The molecule has 0 saturated carbocycles. The van der Waals surface area contributed by atoms with Crippen LogP contribution in [0.2, 0.25) is 0 Å². The summed E-state index contributed by atoms with van der Waals surface area (Å²) in [7, 11) is 4.00. The fourth-order valence-corrected chi connectivity index (χ4v) is 2.21. The monoisotopic (exact) mass is 267 g/mol. The van der Waals surface area contributed by atoms with Crippen LogP contribution in [0.25, 0.3) is 0 Å². The zero-order valence-electron chi connectivity index (χ0n) is 11.8. The van der Waals surface area contributed by atoms with E-state index < -0.39 is 5.38 Å². The van der Waals surface area contributed by atoms with Crippen LogP contribution in [0.4, 0.5) is 5.69 Å². The van der Waals surface area contributed by atoms with E-state index in [0.717, 1.165) is 11.3 Å². The number of alkyl halides is 1. The minimum atomic E-state index is -0.449. The molecule has 0 amide bonds. The first kappa shape index (κ1) is 15.0. The molecular formula is C15H22ClNO. The van der Waals surface area contributed by atoms with Gasteiger partial charge in [-0.05, 0) is 24.1 Å². The second-order valence-electron chi connectivity index (χ2n) is 5.85. The van der Waals surface area contributed by atoms with Gasteiger partial charge in [0.1, 0.15) is 0 Å². The van der Waals surface area contributed by atoms with E-state index >= 15 is 0 Å². The number of benzene rings is 1. The summed E-state index contributed by atoms with van der Waals surface area (Å²) >= 11 is 6.19.